The summed E-state index contributed by atoms with van der Waals surface area (Å²) in [4.78, 5) is 0. The van der Waals surface area contributed by atoms with Crippen molar-refractivity contribution < 1.29 is 5.11 Å². The van der Waals surface area contributed by atoms with Crippen LogP contribution in [0.2, 0.25) is 10.0 Å². The van der Waals surface area contributed by atoms with E-state index in [1.54, 1.807) is 18.2 Å². The van der Waals surface area contributed by atoms with Crippen LogP contribution in [-0.4, -0.2) is 11.7 Å². The number of rotatable bonds is 3. The molecule has 80 valence electrons. The normalized spacial score (nSPS) is 12.0. The summed E-state index contributed by atoms with van der Waals surface area (Å²) >= 11 is 11.6. The lowest BCUT2D eigenvalue weighted by Crippen LogP contribution is -2.11. The van der Waals surface area contributed by atoms with Gasteiger partial charge in [-0.05, 0) is 30.2 Å². The number of hydrogen-bond donors (Lipinski definition) is 2. The summed E-state index contributed by atoms with van der Waals surface area (Å²) in [5.74, 6) is 0. The van der Waals surface area contributed by atoms with E-state index in [9.17, 15) is 0 Å². The molecule has 0 aromatic heterocycles. The second-order valence-corrected chi connectivity index (χ2v) is 3.69. The maximum absolute atomic E-state index is 8.69. The second kappa shape index (κ2) is 6.49. The molecule has 2 nitrogen and oxygen atoms in total. The molecule has 0 bridgehead atoms. The maximum atomic E-state index is 8.69. The van der Waals surface area contributed by atoms with Gasteiger partial charge in [-0.3, -0.25) is 0 Å². The number of nitrogens with two attached hydrogens (primary N) is 1. The van der Waals surface area contributed by atoms with Crippen LogP contribution in [0.4, 0.5) is 0 Å². The predicted octanol–water partition coefficient (Wildman–Crippen LogP) is 2.80. The molecule has 0 saturated carbocycles. The lowest BCUT2D eigenvalue weighted by atomic mass is 10.1. The van der Waals surface area contributed by atoms with E-state index in [1.807, 2.05) is 0 Å². The van der Waals surface area contributed by atoms with Gasteiger partial charge < -0.3 is 10.8 Å². The zero-order chi connectivity index (χ0) is 9.84. The molecule has 3 N–H and O–H groups in total. The van der Waals surface area contributed by atoms with Crippen molar-refractivity contribution in [2.75, 3.05) is 6.61 Å². The second-order valence-electron chi connectivity index (χ2n) is 2.82. The van der Waals surface area contributed by atoms with Crippen molar-refractivity contribution in [2.45, 2.75) is 12.5 Å². The van der Waals surface area contributed by atoms with Gasteiger partial charge in [0.1, 0.15) is 0 Å². The number of hydrogen-bond acceptors (Lipinski definition) is 2. The number of benzene rings is 1. The molecular formula is C9H12Cl3NO. The Kier molecular flexibility index (Phi) is 6.49. The zero-order valence-electron chi connectivity index (χ0n) is 7.41. The Labute approximate surface area is 99.4 Å². The fraction of sp³-hybridized carbons (Fsp3) is 0.333. The van der Waals surface area contributed by atoms with E-state index in [1.165, 1.54) is 0 Å². The quantitative estimate of drug-likeness (QED) is 0.873. The van der Waals surface area contributed by atoms with Gasteiger partial charge in [-0.15, -0.1) is 12.4 Å². The summed E-state index contributed by atoms with van der Waals surface area (Å²) in [6, 6.07) is 4.96. The first-order valence-electron chi connectivity index (χ1n) is 3.96. The Bertz CT molecular complexity index is 273. The molecule has 0 aliphatic rings. The molecule has 0 spiro atoms. The van der Waals surface area contributed by atoms with Gasteiger partial charge in [0.05, 0.1) is 0 Å². The minimum atomic E-state index is -0.207. The van der Waals surface area contributed by atoms with Crippen LogP contribution in [0.5, 0.6) is 0 Å². The highest BCUT2D eigenvalue weighted by molar-refractivity contribution is 6.34. The molecule has 1 aromatic carbocycles. The third-order valence-corrected chi connectivity index (χ3v) is 2.19. The van der Waals surface area contributed by atoms with Crippen LogP contribution in [0.3, 0.4) is 0 Å². The third kappa shape index (κ3) is 4.03. The average molecular weight is 257 g/mol. The Morgan fingerprint density at radius 3 is 2.14 bits per heavy atom. The molecule has 1 rings (SSSR count). The minimum Gasteiger partial charge on any atom is -0.396 e. The molecular weight excluding hydrogens is 244 g/mol. The summed E-state index contributed by atoms with van der Waals surface area (Å²) in [5, 5.41) is 9.82. The van der Waals surface area contributed by atoms with Crippen molar-refractivity contribution in [2.24, 2.45) is 5.73 Å². The van der Waals surface area contributed by atoms with E-state index in [2.05, 4.69) is 0 Å². The van der Waals surface area contributed by atoms with Crippen LogP contribution in [0.15, 0.2) is 18.2 Å². The lowest BCUT2D eigenvalue weighted by molar-refractivity contribution is 0.276. The van der Waals surface area contributed by atoms with Crippen molar-refractivity contribution in [3.8, 4) is 0 Å². The monoisotopic (exact) mass is 255 g/mol. The standard InChI is InChI=1S/C9H11Cl2NO.ClH/c10-7-3-6(4-8(11)5-7)9(12)1-2-13;/h3-5,9,13H,1-2,12H2;1H. The average Bonchev–Trinajstić information content (AvgIpc) is 2.03. The van der Waals surface area contributed by atoms with E-state index >= 15 is 0 Å². The Morgan fingerprint density at radius 1 is 1.21 bits per heavy atom. The number of halogens is 3. The van der Waals surface area contributed by atoms with Gasteiger partial charge in [0.25, 0.3) is 0 Å². The van der Waals surface area contributed by atoms with E-state index < -0.39 is 0 Å². The smallest absolute Gasteiger partial charge is 0.0449 e. The first-order chi connectivity index (χ1) is 6.13. The number of aliphatic hydroxyl groups excluding tert-OH is 1. The van der Waals surface area contributed by atoms with Crippen LogP contribution >= 0.6 is 35.6 Å². The van der Waals surface area contributed by atoms with Crippen LogP contribution in [-0.2, 0) is 0 Å². The van der Waals surface area contributed by atoms with Crippen molar-refractivity contribution >= 4 is 35.6 Å². The van der Waals surface area contributed by atoms with E-state index in [-0.39, 0.29) is 25.1 Å². The van der Waals surface area contributed by atoms with Crippen molar-refractivity contribution in [3.63, 3.8) is 0 Å². The third-order valence-electron chi connectivity index (χ3n) is 1.75. The Hall–Kier alpha value is 0.01000. The van der Waals surface area contributed by atoms with Gasteiger partial charge in [0, 0.05) is 22.7 Å². The maximum Gasteiger partial charge on any atom is 0.0449 e. The molecule has 1 atom stereocenters. The van der Waals surface area contributed by atoms with Crippen molar-refractivity contribution in [1.29, 1.82) is 0 Å². The summed E-state index contributed by atoms with van der Waals surface area (Å²) in [5.41, 5.74) is 6.62. The summed E-state index contributed by atoms with van der Waals surface area (Å²) in [6.07, 6.45) is 0.511. The van der Waals surface area contributed by atoms with Crippen molar-refractivity contribution in [1.82, 2.24) is 0 Å². The summed E-state index contributed by atoms with van der Waals surface area (Å²) in [7, 11) is 0. The largest absolute Gasteiger partial charge is 0.396 e. The molecule has 0 saturated heterocycles. The topological polar surface area (TPSA) is 46.2 Å². The first-order valence-corrected chi connectivity index (χ1v) is 4.71. The molecule has 1 aromatic rings. The highest BCUT2D eigenvalue weighted by Crippen LogP contribution is 2.23. The molecule has 0 aliphatic heterocycles. The number of aliphatic hydroxyl groups is 1. The van der Waals surface area contributed by atoms with Gasteiger partial charge in [-0.25, -0.2) is 0 Å². The first kappa shape index (κ1) is 14.0. The fourth-order valence-corrected chi connectivity index (χ4v) is 1.64. The van der Waals surface area contributed by atoms with E-state index in [0.717, 1.165) is 5.56 Å². The zero-order valence-corrected chi connectivity index (χ0v) is 9.74. The van der Waals surface area contributed by atoms with E-state index in [0.29, 0.717) is 16.5 Å². The molecule has 0 heterocycles. The molecule has 0 fully saturated rings. The van der Waals surface area contributed by atoms with Gasteiger partial charge in [0.15, 0.2) is 0 Å². The fourth-order valence-electron chi connectivity index (χ4n) is 1.09. The molecule has 1 unspecified atom stereocenters. The highest BCUT2D eigenvalue weighted by atomic mass is 35.5. The lowest BCUT2D eigenvalue weighted by Gasteiger charge is -2.10. The predicted molar refractivity (Wildman–Crippen MR) is 62.3 cm³/mol. The van der Waals surface area contributed by atoms with Crippen molar-refractivity contribution in [3.05, 3.63) is 33.8 Å². The van der Waals surface area contributed by atoms with Crippen LogP contribution in [0.1, 0.15) is 18.0 Å². The van der Waals surface area contributed by atoms with Gasteiger partial charge in [0.2, 0.25) is 0 Å². The molecule has 14 heavy (non-hydrogen) atoms. The molecule has 5 heteroatoms. The Balaban J connectivity index is 0.00000169. The van der Waals surface area contributed by atoms with Crippen LogP contribution in [0, 0.1) is 0 Å². The van der Waals surface area contributed by atoms with Gasteiger partial charge in [-0.2, -0.15) is 0 Å². The molecule has 0 aliphatic carbocycles. The van der Waals surface area contributed by atoms with E-state index in [4.69, 9.17) is 34.0 Å². The highest BCUT2D eigenvalue weighted by Gasteiger charge is 2.06. The molecule has 0 amide bonds. The summed E-state index contributed by atoms with van der Waals surface area (Å²) < 4.78 is 0. The SMILES string of the molecule is Cl.NC(CCO)c1cc(Cl)cc(Cl)c1. The van der Waals surface area contributed by atoms with Gasteiger partial charge >= 0.3 is 0 Å². The summed E-state index contributed by atoms with van der Waals surface area (Å²) in [6.45, 7) is 0.0608. The van der Waals surface area contributed by atoms with Crippen LogP contribution < -0.4 is 5.73 Å². The van der Waals surface area contributed by atoms with Crippen LogP contribution in [0.25, 0.3) is 0 Å². The Morgan fingerprint density at radius 2 is 1.71 bits per heavy atom. The minimum absolute atomic E-state index is 0. The van der Waals surface area contributed by atoms with Gasteiger partial charge in [-0.1, -0.05) is 23.2 Å². The molecule has 0 radical (unpaired) electrons.